The van der Waals surface area contributed by atoms with Crippen molar-refractivity contribution in [1.29, 1.82) is 0 Å². The largest absolute Gasteiger partial charge is 0.351 e. The molecule has 0 radical (unpaired) electrons. The molecule has 1 atom stereocenters. The molecule has 7 nitrogen and oxygen atoms in total. The van der Waals surface area contributed by atoms with Gasteiger partial charge in [0.25, 0.3) is 16.0 Å². The van der Waals surface area contributed by atoms with Crippen LogP contribution in [0.1, 0.15) is 59.3 Å². The summed E-state index contributed by atoms with van der Waals surface area (Å²) in [5.41, 5.74) is 4.35. The van der Waals surface area contributed by atoms with Gasteiger partial charge in [-0.05, 0) is 57.0 Å². The smallest absolute Gasteiger partial charge is 0.266 e. The lowest BCUT2D eigenvalue weighted by Crippen LogP contribution is -2.30. The number of amides is 2. The van der Waals surface area contributed by atoms with Crippen LogP contribution in [-0.2, 0) is 33.3 Å². The lowest BCUT2D eigenvalue weighted by molar-refractivity contribution is -0.122. The standard InChI is InChI=1S/C33H36N2O5S/c1-33(2,3)28-17-15-25(16-18-28)30(32(37)35-22-27-9-6-8-24-7-4-5-10-29(24)27)21-23-11-13-26(14-12-23)31(36)34-19-20-41(38,39)40/h4-18,30H,19-22H2,1-3H3,(H,34,36)(H,35,37)(H,38,39,40). The predicted octanol–water partition coefficient (Wildman–Crippen LogP) is 5.40. The van der Waals surface area contributed by atoms with E-state index in [2.05, 4.69) is 61.7 Å². The van der Waals surface area contributed by atoms with Crippen LogP contribution in [0.4, 0.5) is 0 Å². The average molecular weight is 573 g/mol. The first kappa shape index (κ1) is 30.0. The third-order valence-corrected chi connectivity index (χ3v) is 7.85. The van der Waals surface area contributed by atoms with E-state index in [1.54, 1.807) is 24.3 Å². The molecule has 214 valence electrons. The third-order valence-electron chi connectivity index (χ3n) is 7.13. The zero-order valence-electron chi connectivity index (χ0n) is 23.6. The minimum Gasteiger partial charge on any atom is -0.351 e. The van der Waals surface area contributed by atoms with Gasteiger partial charge in [0, 0.05) is 18.7 Å². The number of nitrogens with one attached hydrogen (secondary N) is 2. The van der Waals surface area contributed by atoms with Crippen LogP contribution in [0.15, 0.2) is 91.0 Å². The fraction of sp³-hybridized carbons (Fsp3) is 0.273. The van der Waals surface area contributed by atoms with Crippen molar-refractivity contribution in [2.75, 3.05) is 12.3 Å². The number of benzene rings is 4. The van der Waals surface area contributed by atoms with Crippen LogP contribution >= 0.6 is 0 Å². The van der Waals surface area contributed by atoms with Crippen molar-refractivity contribution >= 4 is 32.7 Å². The molecule has 3 N–H and O–H groups in total. The first-order valence-corrected chi connectivity index (χ1v) is 15.2. The average Bonchev–Trinajstić information content (AvgIpc) is 2.94. The summed E-state index contributed by atoms with van der Waals surface area (Å²) < 4.78 is 30.6. The number of carbonyl (C=O) groups excluding carboxylic acids is 2. The Kier molecular flexibility index (Phi) is 9.25. The number of carbonyl (C=O) groups is 2. The topological polar surface area (TPSA) is 113 Å². The Balaban J connectivity index is 1.52. The van der Waals surface area contributed by atoms with Gasteiger partial charge in [-0.25, -0.2) is 0 Å². The van der Waals surface area contributed by atoms with Gasteiger partial charge in [0.15, 0.2) is 0 Å². The fourth-order valence-electron chi connectivity index (χ4n) is 4.75. The molecule has 0 aromatic heterocycles. The second-order valence-corrected chi connectivity index (χ2v) is 12.8. The quantitative estimate of drug-likeness (QED) is 0.220. The van der Waals surface area contributed by atoms with E-state index < -0.39 is 27.7 Å². The zero-order valence-corrected chi connectivity index (χ0v) is 24.4. The Labute approximate surface area is 241 Å². The van der Waals surface area contributed by atoms with Gasteiger partial charge in [-0.2, -0.15) is 8.42 Å². The van der Waals surface area contributed by atoms with Crippen LogP contribution < -0.4 is 10.6 Å². The van der Waals surface area contributed by atoms with Gasteiger partial charge in [-0.1, -0.05) is 99.6 Å². The summed E-state index contributed by atoms with van der Waals surface area (Å²) in [6.07, 6.45) is 0.431. The minimum atomic E-state index is -4.15. The second kappa shape index (κ2) is 12.7. The molecule has 4 rings (SSSR count). The summed E-state index contributed by atoms with van der Waals surface area (Å²) in [6, 6.07) is 29.2. The van der Waals surface area contributed by atoms with E-state index in [0.717, 1.165) is 27.5 Å². The molecule has 0 spiro atoms. The third kappa shape index (κ3) is 8.25. The first-order chi connectivity index (χ1) is 19.4. The SMILES string of the molecule is CC(C)(C)c1ccc(C(Cc2ccc(C(=O)NCCS(=O)(=O)O)cc2)C(=O)NCc2cccc3ccccc23)cc1. The summed E-state index contributed by atoms with van der Waals surface area (Å²) in [6.45, 7) is 6.66. The van der Waals surface area contributed by atoms with Crippen molar-refractivity contribution in [1.82, 2.24) is 10.6 Å². The molecule has 0 bridgehead atoms. The molecule has 0 aliphatic carbocycles. The summed E-state index contributed by atoms with van der Waals surface area (Å²) >= 11 is 0. The van der Waals surface area contributed by atoms with Gasteiger partial charge < -0.3 is 10.6 Å². The Morgan fingerprint density at radius 2 is 1.49 bits per heavy atom. The maximum Gasteiger partial charge on any atom is 0.266 e. The van der Waals surface area contributed by atoms with E-state index in [1.807, 2.05) is 36.4 Å². The first-order valence-electron chi connectivity index (χ1n) is 13.6. The Morgan fingerprint density at radius 3 is 2.15 bits per heavy atom. The summed E-state index contributed by atoms with van der Waals surface area (Å²) in [5.74, 6) is -1.54. The van der Waals surface area contributed by atoms with Crippen molar-refractivity contribution < 1.29 is 22.6 Å². The molecule has 41 heavy (non-hydrogen) atoms. The highest BCUT2D eigenvalue weighted by Gasteiger charge is 2.23. The molecule has 0 saturated carbocycles. The fourth-order valence-corrected chi connectivity index (χ4v) is 5.11. The van der Waals surface area contributed by atoms with Gasteiger partial charge in [-0.15, -0.1) is 0 Å². The highest BCUT2D eigenvalue weighted by atomic mass is 32.2. The number of rotatable bonds is 10. The monoisotopic (exact) mass is 572 g/mol. The van der Waals surface area contributed by atoms with Gasteiger partial charge in [0.05, 0.1) is 11.7 Å². The van der Waals surface area contributed by atoms with Crippen LogP contribution in [0.25, 0.3) is 10.8 Å². The van der Waals surface area contributed by atoms with E-state index in [9.17, 15) is 18.0 Å². The Morgan fingerprint density at radius 1 is 0.829 bits per heavy atom. The summed E-state index contributed by atoms with van der Waals surface area (Å²) in [7, 11) is -4.15. The van der Waals surface area contributed by atoms with E-state index in [-0.39, 0.29) is 17.9 Å². The molecule has 0 aliphatic rings. The van der Waals surface area contributed by atoms with Crippen LogP contribution in [0.3, 0.4) is 0 Å². The van der Waals surface area contributed by atoms with E-state index in [4.69, 9.17) is 4.55 Å². The molecule has 0 fully saturated rings. The van der Waals surface area contributed by atoms with Crippen LogP contribution in [0.2, 0.25) is 0 Å². The van der Waals surface area contributed by atoms with Crippen LogP contribution in [-0.4, -0.2) is 37.1 Å². The maximum absolute atomic E-state index is 13.7. The molecule has 1 unspecified atom stereocenters. The molecular weight excluding hydrogens is 536 g/mol. The summed E-state index contributed by atoms with van der Waals surface area (Å²) in [5, 5.41) is 7.85. The van der Waals surface area contributed by atoms with Crippen molar-refractivity contribution in [3.05, 3.63) is 119 Å². The van der Waals surface area contributed by atoms with Gasteiger partial charge in [0.1, 0.15) is 0 Å². The molecule has 8 heteroatoms. The lowest BCUT2D eigenvalue weighted by Gasteiger charge is -2.22. The predicted molar refractivity (Wildman–Crippen MR) is 163 cm³/mol. The second-order valence-electron chi connectivity index (χ2n) is 11.2. The van der Waals surface area contributed by atoms with E-state index in [0.29, 0.717) is 18.5 Å². The van der Waals surface area contributed by atoms with E-state index >= 15 is 0 Å². The molecule has 4 aromatic carbocycles. The van der Waals surface area contributed by atoms with Gasteiger partial charge in [0.2, 0.25) is 5.91 Å². The number of hydrogen-bond donors (Lipinski definition) is 3. The molecule has 0 heterocycles. The molecular formula is C33H36N2O5S. The number of hydrogen-bond acceptors (Lipinski definition) is 4. The normalized spacial score (nSPS) is 12.6. The van der Waals surface area contributed by atoms with Crippen LogP contribution in [0, 0.1) is 0 Å². The van der Waals surface area contributed by atoms with Crippen molar-refractivity contribution in [2.45, 2.75) is 45.1 Å². The highest BCUT2D eigenvalue weighted by molar-refractivity contribution is 7.85. The van der Waals surface area contributed by atoms with E-state index in [1.165, 1.54) is 5.56 Å². The Bertz CT molecular complexity index is 1620. The maximum atomic E-state index is 13.7. The lowest BCUT2D eigenvalue weighted by atomic mass is 9.84. The minimum absolute atomic E-state index is 0.0115. The van der Waals surface area contributed by atoms with Gasteiger partial charge in [-0.3, -0.25) is 14.1 Å². The molecule has 0 saturated heterocycles. The van der Waals surface area contributed by atoms with Crippen LogP contribution in [0.5, 0.6) is 0 Å². The van der Waals surface area contributed by atoms with Crippen molar-refractivity contribution in [3.8, 4) is 0 Å². The molecule has 4 aromatic rings. The van der Waals surface area contributed by atoms with Crippen molar-refractivity contribution in [3.63, 3.8) is 0 Å². The molecule has 2 amide bonds. The van der Waals surface area contributed by atoms with Gasteiger partial charge >= 0.3 is 0 Å². The number of fused-ring (bicyclic) bond motifs is 1. The van der Waals surface area contributed by atoms with Crippen molar-refractivity contribution in [2.24, 2.45) is 0 Å². The summed E-state index contributed by atoms with van der Waals surface area (Å²) in [4.78, 5) is 26.0. The molecule has 0 aliphatic heterocycles. The highest BCUT2D eigenvalue weighted by Crippen LogP contribution is 2.27. The Hall–Kier alpha value is -4.01. The zero-order chi connectivity index (χ0) is 29.6.